The van der Waals surface area contributed by atoms with Crippen LogP contribution in [0.15, 0.2) is 48.5 Å². The van der Waals surface area contributed by atoms with E-state index in [0.717, 1.165) is 18.4 Å². The first-order chi connectivity index (χ1) is 10.6. The molecule has 1 fully saturated rings. The van der Waals surface area contributed by atoms with E-state index in [2.05, 4.69) is 57.2 Å². The van der Waals surface area contributed by atoms with Crippen LogP contribution in [-0.4, -0.2) is 5.78 Å². The highest BCUT2D eigenvalue weighted by molar-refractivity contribution is 6.00. The Bertz CT molecular complexity index is 649. The van der Waals surface area contributed by atoms with E-state index < -0.39 is 0 Å². The molecule has 2 aromatic rings. The van der Waals surface area contributed by atoms with E-state index in [-0.39, 0.29) is 5.92 Å². The van der Waals surface area contributed by atoms with E-state index in [1.165, 1.54) is 16.7 Å². The third-order valence-corrected chi connectivity index (χ3v) is 4.81. The molecule has 2 atom stereocenters. The number of Topliss-reactive ketones (excluding diaryl/α,β-unsaturated/α-hetero) is 1. The molecular formula is C21H24O. The highest BCUT2D eigenvalue weighted by atomic mass is 16.1. The standard InChI is InChI=1S/C21H24O/c1-4-15-5-7-18(8-6-15)21(22)20-13-19(20)17-11-9-16(10-12-17)14(2)3/h5-12,14,19-20H,4,13H2,1-3H3. The summed E-state index contributed by atoms with van der Waals surface area (Å²) in [4.78, 5) is 12.6. The van der Waals surface area contributed by atoms with Crippen LogP contribution in [0, 0.1) is 5.92 Å². The van der Waals surface area contributed by atoms with Gasteiger partial charge in [0.05, 0.1) is 0 Å². The van der Waals surface area contributed by atoms with Crippen LogP contribution >= 0.6 is 0 Å². The largest absolute Gasteiger partial charge is 0.294 e. The molecule has 1 nitrogen and oxygen atoms in total. The Kier molecular flexibility index (Phi) is 4.15. The number of benzene rings is 2. The molecule has 2 aromatic carbocycles. The fraction of sp³-hybridized carbons (Fsp3) is 0.381. The predicted molar refractivity (Wildman–Crippen MR) is 91.5 cm³/mol. The molecule has 0 aliphatic heterocycles. The number of rotatable bonds is 5. The first-order valence-corrected chi connectivity index (χ1v) is 8.33. The van der Waals surface area contributed by atoms with Gasteiger partial charge in [0.1, 0.15) is 0 Å². The molecule has 0 bridgehead atoms. The Morgan fingerprint density at radius 2 is 1.68 bits per heavy atom. The minimum Gasteiger partial charge on any atom is -0.294 e. The van der Waals surface area contributed by atoms with Crippen LogP contribution in [0.2, 0.25) is 0 Å². The van der Waals surface area contributed by atoms with Crippen LogP contribution < -0.4 is 0 Å². The monoisotopic (exact) mass is 292 g/mol. The minimum absolute atomic E-state index is 0.178. The maximum atomic E-state index is 12.6. The molecule has 1 aliphatic carbocycles. The number of carbonyl (C=O) groups excluding carboxylic acids is 1. The predicted octanol–water partition coefficient (Wildman–Crippen LogP) is 5.36. The normalized spacial score (nSPS) is 20.2. The second-order valence-electron chi connectivity index (χ2n) is 6.68. The molecule has 3 rings (SSSR count). The first kappa shape index (κ1) is 15.0. The Morgan fingerprint density at radius 3 is 2.23 bits per heavy atom. The van der Waals surface area contributed by atoms with Gasteiger partial charge in [-0.2, -0.15) is 0 Å². The molecule has 0 amide bonds. The maximum Gasteiger partial charge on any atom is 0.166 e. The van der Waals surface area contributed by atoms with Crippen molar-refractivity contribution in [2.45, 2.75) is 45.4 Å². The third kappa shape index (κ3) is 2.99. The molecule has 1 heteroatoms. The first-order valence-electron chi connectivity index (χ1n) is 8.33. The fourth-order valence-corrected chi connectivity index (χ4v) is 3.10. The molecule has 0 saturated heterocycles. The van der Waals surface area contributed by atoms with E-state index in [1.54, 1.807) is 0 Å². The van der Waals surface area contributed by atoms with Crippen molar-refractivity contribution in [3.8, 4) is 0 Å². The lowest BCUT2D eigenvalue weighted by Gasteiger charge is -2.07. The van der Waals surface area contributed by atoms with Gasteiger partial charge in [-0.3, -0.25) is 4.79 Å². The van der Waals surface area contributed by atoms with Crippen molar-refractivity contribution in [1.82, 2.24) is 0 Å². The molecule has 1 saturated carbocycles. The van der Waals surface area contributed by atoms with Gasteiger partial charge in [-0.15, -0.1) is 0 Å². The summed E-state index contributed by atoms with van der Waals surface area (Å²) >= 11 is 0. The van der Waals surface area contributed by atoms with Crippen LogP contribution in [0.4, 0.5) is 0 Å². The second kappa shape index (κ2) is 6.08. The molecule has 1 aliphatic rings. The quantitative estimate of drug-likeness (QED) is 0.678. The average Bonchev–Trinajstić information content (AvgIpc) is 3.35. The Morgan fingerprint density at radius 1 is 1.05 bits per heavy atom. The Hall–Kier alpha value is -1.89. The highest BCUT2D eigenvalue weighted by Crippen LogP contribution is 2.49. The van der Waals surface area contributed by atoms with Crippen molar-refractivity contribution in [3.05, 3.63) is 70.8 Å². The highest BCUT2D eigenvalue weighted by Gasteiger charge is 2.43. The van der Waals surface area contributed by atoms with Crippen molar-refractivity contribution >= 4 is 5.78 Å². The van der Waals surface area contributed by atoms with Gasteiger partial charge >= 0.3 is 0 Å². The van der Waals surface area contributed by atoms with Gasteiger partial charge in [0, 0.05) is 11.5 Å². The molecule has 114 valence electrons. The van der Waals surface area contributed by atoms with E-state index in [1.807, 2.05) is 12.1 Å². The smallest absolute Gasteiger partial charge is 0.166 e. The van der Waals surface area contributed by atoms with Gasteiger partial charge < -0.3 is 0 Å². The number of aryl methyl sites for hydroxylation is 1. The maximum absolute atomic E-state index is 12.6. The molecule has 0 aromatic heterocycles. The van der Waals surface area contributed by atoms with Crippen LogP contribution in [0.3, 0.4) is 0 Å². The van der Waals surface area contributed by atoms with Crippen LogP contribution in [-0.2, 0) is 6.42 Å². The van der Waals surface area contributed by atoms with Gasteiger partial charge in [-0.1, -0.05) is 69.3 Å². The molecule has 0 N–H and O–H groups in total. The van der Waals surface area contributed by atoms with Gasteiger partial charge in [0.2, 0.25) is 0 Å². The topological polar surface area (TPSA) is 17.1 Å². The number of carbonyl (C=O) groups is 1. The average molecular weight is 292 g/mol. The summed E-state index contributed by atoms with van der Waals surface area (Å²) in [5.41, 5.74) is 4.83. The summed E-state index contributed by atoms with van der Waals surface area (Å²) in [7, 11) is 0. The molecule has 22 heavy (non-hydrogen) atoms. The summed E-state index contributed by atoms with van der Waals surface area (Å²) in [6.45, 7) is 6.55. The van der Waals surface area contributed by atoms with Crippen molar-refractivity contribution in [3.63, 3.8) is 0 Å². The zero-order valence-corrected chi connectivity index (χ0v) is 13.7. The van der Waals surface area contributed by atoms with Crippen molar-refractivity contribution in [2.24, 2.45) is 5.92 Å². The van der Waals surface area contributed by atoms with Crippen molar-refractivity contribution in [1.29, 1.82) is 0 Å². The van der Waals surface area contributed by atoms with Gasteiger partial charge in [0.15, 0.2) is 5.78 Å². The molecule has 0 heterocycles. The van der Waals surface area contributed by atoms with E-state index in [4.69, 9.17) is 0 Å². The summed E-state index contributed by atoms with van der Waals surface area (Å²) in [6.07, 6.45) is 2.01. The lowest BCUT2D eigenvalue weighted by atomic mass is 9.98. The van der Waals surface area contributed by atoms with Crippen molar-refractivity contribution in [2.75, 3.05) is 0 Å². The molecule has 0 spiro atoms. The van der Waals surface area contributed by atoms with Gasteiger partial charge in [0.25, 0.3) is 0 Å². The summed E-state index contributed by atoms with van der Waals surface area (Å²) < 4.78 is 0. The molecule has 0 radical (unpaired) electrons. The lowest BCUT2D eigenvalue weighted by Crippen LogP contribution is -2.03. The zero-order valence-electron chi connectivity index (χ0n) is 13.7. The van der Waals surface area contributed by atoms with Gasteiger partial charge in [-0.25, -0.2) is 0 Å². The van der Waals surface area contributed by atoms with Crippen LogP contribution in [0.1, 0.15) is 66.1 Å². The Balaban J connectivity index is 1.69. The minimum atomic E-state index is 0.178. The van der Waals surface area contributed by atoms with E-state index >= 15 is 0 Å². The summed E-state index contributed by atoms with van der Waals surface area (Å²) in [5.74, 6) is 1.46. The Labute approximate surface area is 133 Å². The summed E-state index contributed by atoms with van der Waals surface area (Å²) in [6, 6.07) is 16.9. The molecule has 2 unspecified atom stereocenters. The van der Waals surface area contributed by atoms with Crippen LogP contribution in [0.25, 0.3) is 0 Å². The second-order valence-corrected chi connectivity index (χ2v) is 6.68. The van der Waals surface area contributed by atoms with E-state index in [0.29, 0.717) is 17.6 Å². The number of hydrogen-bond donors (Lipinski definition) is 0. The third-order valence-electron chi connectivity index (χ3n) is 4.81. The number of hydrogen-bond acceptors (Lipinski definition) is 1. The summed E-state index contributed by atoms with van der Waals surface area (Å²) in [5, 5.41) is 0. The fourth-order valence-electron chi connectivity index (χ4n) is 3.10. The SMILES string of the molecule is CCc1ccc(C(=O)C2CC2c2ccc(C(C)C)cc2)cc1. The van der Waals surface area contributed by atoms with E-state index in [9.17, 15) is 4.79 Å². The molecular weight excluding hydrogens is 268 g/mol. The zero-order chi connectivity index (χ0) is 15.7. The number of ketones is 1. The van der Waals surface area contributed by atoms with Crippen LogP contribution in [0.5, 0.6) is 0 Å². The lowest BCUT2D eigenvalue weighted by molar-refractivity contribution is 0.0965. The van der Waals surface area contributed by atoms with Gasteiger partial charge in [-0.05, 0) is 41.4 Å². The van der Waals surface area contributed by atoms with Crippen molar-refractivity contribution < 1.29 is 4.79 Å².